The molecule has 3 nitrogen and oxygen atoms in total. The summed E-state index contributed by atoms with van der Waals surface area (Å²) in [5.74, 6) is 1.03. The highest BCUT2D eigenvalue weighted by molar-refractivity contribution is 5.93. The number of alkyl halides is 2. The number of rotatable bonds is 9. The van der Waals surface area contributed by atoms with Crippen LogP contribution < -0.4 is 14.2 Å². The highest BCUT2D eigenvalue weighted by Crippen LogP contribution is 2.38. The van der Waals surface area contributed by atoms with Gasteiger partial charge in [-0.2, -0.15) is 8.78 Å². The Labute approximate surface area is 162 Å². The molecule has 0 spiro atoms. The van der Waals surface area contributed by atoms with Crippen LogP contribution >= 0.6 is 0 Å². The van der Waals surface area contributed by atoms with Crippen molar-refractivity contribution in [2.45, 2.75) is 6.61 Å². The van der Waals surface area contributed by atoms with Gasteiger partial charge >= 0.3 is 6.61 Å². The Morgan fingerprint density at radius 1 is 0.821 bits per heavy atom. The van der Waals surface area contributed by atoms with Gasteiger partial charge in [0.05, 0.1) is 0 Å². The van der Waals surface area contributed by atoms with E-state index in [2.05, 4.69) is 13.2 Å². The monoisotopic (exact) mass is 382 g/mol. The molecular formula is C23H20F2O3. The van der Waals surface area contributed by atoms with Crippen LogP contribution in [0.3, 0.4) is 0 Å². The standard InChI is InChI=1S/C23H20F2O3/c1-3-13-26-19-9-5-16(6-10-19)17-7-11-20-18(15-17)8-12-21(27-14-4-2)22(20)28-23(24)25/h3-12,15,23H,1-2,13-14H2. The molecule has 0 radical (unpaired) electrons. The predicted molar refractivity (Wildman–Crippen MR) is 107 cm³/mol. The third-order valence-corrected chi connectivity index (χ3v) is 4.05. The molecule has 3 aromatic rings. The molecule has 0 saturated carbocycles. The van der Waals surface area contributed by atoms with Gasteiger partial charge in [0.25, 0.3) is 0 Å². The predicted octanol–water partition coefficient (Wildman–Crippen LogP) is 6.24. The molecule has 5 heteroatoms. The average Bonchev–Trinajstić information content (AvgIpc) is 2.71. The van der Waals surface area contributed by atoms with Gasteiger partial charge in [0.2, 0.25) is 0 Å². The molecule has 0 saturated heterocycles. The lowest BCUT2D eigenvalue weighted by Crippen LogP contribution is -2.05. The fourth-order valence-electron chi connectivity index (χ4n) is 2.83. The van der Waals surface area contributed by atoms with Crippen LogP contribution in [0, 0.1) is 0 Å². The summed E-state index contributed by atoms with van der Waals surface area (Å²) in [5, 5.41) is 1.32. The van der Waals surface area contributed by atoms with Crippen molar-refractivity contribution < 1.29 is 23.0 Å². The molecule has 0 heterocycles. The topological polar surface area (TPSA) is 27.7 Å². The molecule has 0 aliphatic carbocycles. The maximum absolute atomic E-state index is 12.9. The third-order valence-electron chi connectivity index (χ3n) is 4.05. The number of hydrogen-bond acceptors (Lipinski definition) is 3. The number of hydrogen-bond donors (Lipinski definition) is 0. The van der Waals surface area contributed by atoms with E-state index in [1.54, 1.807) is 24.3 Å². The Kier molecular flexibility index (Phi) is 6.27. The molecule has 3 rings (SSSR count). The summed E-state index contributed by atoms with van der Waals surface area (Å²) in [5.41, 5.74) is 1.93. The van der Waals surface area contributed by atoms with Gasteiger partial charge in [-0.3, -0.25) is 0 Å². The first kappa shape index (κ1) is 19.4. The number of benzene rings is 3. The van der Waals surface area contributed by atoms with Gasteiger partial charge in [-0.25, -0.2) is 0 Å². The van der Waals surface area contributed by atoms with E-state index in [4.69, 9.17) is 14.2 Å². The van der Waals surface area contributed by atoms with Crippen LogP contribution in [0.5, 0.6) is 17.2 Å². The number of ether oxygens (including phenoxy) is 3. The minimum Gasteiger partial charge on any atom is -0.490 e. The summed E-state index contributed by atoms with van der Waals surface area (Å²) in [4.78, 5) is 0. The van der Waals surface area contributed by atoms with E-state index in [0.29, 0.717) is 12.0 Å². The summed E-state index contributed by atoms with van der Waals surface area (Å²) in [7, 11) is 0. The van der Waals surface area contributed by atoms with Crippen LogP contribution in [0.4, 0.5) is 8.78 Å². The Balaban J connectivity index is 1.96. The molecule has 144 valence electrons. The van der Waals surface area contributed by atoms with Crippen LogP contribution in [0.2, 0.25) is 0 Å². The van der Waals surface area contributed by atoms with Gasteiger partial charge in [-0.05, 0) is 46.8 Å². The molecule has 0 amide bonds. The zero-order valence-corrected chi connectivity index (χ0v) is 15.2. The molecule has 0 fully saturated rings. The summed E-state index contributed by atoms with van der Waals surface area (Å²) < 4.78 is 41.5. The Hall–Kier alpha value is -3.34. The average molecular weight is 382 g/mol. The van der Waals surface area contributed by atoms with E-state index >= 15 is 0 Å². The van der Waals surface area contributed by atoms with Crippen molar-refractivity contribution in [1.29, 1.82) is 0 Å². The van der Waals surface area contributed by atoms with E-state index in [9.17, 15) is 8.78 Å². The SMILES string of the molecule is C=CCOc1ccc(-c2ccc3c(OC(F)F)c(OCC=C)ccc3c2)cc1. The first-order valence-corrected chi connectivity index (χ1v) is 8.71. The first-order chi connectivity index (χ1) is 13.6. The molecule has 0 aromatic heterocycles. The maximum Gasteiger partial charge on any atom is 0.387 e. The molecule has 28 heavy (non-hydrogen) atoms. The van der Waals surface area contributed by atoms with E-state index in [-0.39, 0.29) is 18.1 Å². The second-order valence-electron chi connectivity index (χ2n) is 5.93. The second-order valence-corrected chi connectivity index (χ2v) is 5.93. The quantitative estimate of drug-likeness (QED) is 0.410. The van der Waals surface area contributed by atoms with Crippen LogP contribution in [-0.2, 0) is 0 Å². The van der Waals surface area contributed by atoms with Crippen LogP contribution in [0.15, 0.2) is 79.9 Å². The Morgan fingerprint density at radius 2 is 1.50 bits per heavy atom. The molecule has 0 unspecified atom stereocenters. The van der Waals surface area contributed by atoms with Gasteiger partial charge in [0.1, 0.15) is 19.0 Å². The van der Waals surface area contributed by atoms with E-state index in [1.165, 1.54) is 0 Å². The molecule has 0 atom stereocenters. The fraction of sp³-hybridized carbons (Fsp3) is 0.130. The van der Waals surface area contributed by atoms with E-state index in [1.807, 2.05) is 42.5 Å². The van der Waals surface area contributed by atoms with Gasteiger partial charge in [0.15, 0.2) is 11.5 Å². The van der Waals surface area contributed by atoms with Crippen LogP contribution in [0.1, 0.15) is 0 Å². The number of fused-ring (bicyclic) bond motifs is 1. The van der Waals surface area contributed by atoms with E-state index < -0.39 is 6.61 Å². The molecule has 0 N–H and O–H groups in total. The highest BCUT2D eigenvalue weighted by Gasteiger charge is 2.15. The minimum absolute atomic E-state index is 0.0223. The lowest BCUT2D eigenvalue weighted by Gasteiger charge is -2.15. The summed E-state index contributed by atoms with van der Waals surface area (Å²) >= 11 is 0. The zero-order valence-electron chi connectivity index (χ0n) is 15.2. The normalized spacial score (nSPS) is 10.7. The smallest absolute Gasteiger partial charge is 0.387 e. The summed E-state index contributed by atoms with van der Waals surface area (Å²) in [6.07, 6.45) is 3.23. The minimum atomic E-state index is -2.94. The molecule has 0 bridgehead atoms. The maximum atomic E-state index is 12.9. The van der Waals surface area contributed by atoms with Crippen molar-refractivity contribution in [3.05, 3.63) is 79.9 Å². The molecule has 3 aromatic carbocycles. The van der Waals surface area contributed by atoms with Crippen molar-refractivity contribution in [3.8, 4) is 28.4 Å². The molecule has 0 aliphatic heterocycles. The van der Waals surface area contributed by atoms with Crippen molar-refractivity contribution >= 4 is 10.8 Å². The Morgan fingerprint density at radius 3 is 2.18 bits per heavy atom. The third kappa shape index (κ3) is 4.49. The van der Waals surface area contributed by atoms with Gasteiger partial charge in [-0.15, -0.1) is 0 Å². The van der Waals surface area contributed by atoms with E-state index in [0.717, 1.165) is 22.3 Å². The lowest BCUT2D eigenvalue weighted by molar-refractivity contribution is -0.0502. The largest absolute Gasteiger partial charge is 0.490 e. The zero-order chi connectivity index (χ0) is 19.9. The first-order valence-electron chi connectivity index (χ1n) is 8.71. The van der Waals surface area contributed by atoms with Gasteiger partial charge < -0.3 is 14.2 Å². The van der Waals surface area contributed by atoms with Crippen molar-refractivity contribution in [1.82, 2.24) is 0 Å². The molecule has 0 aliphatic rings. The van der Waals surface area contributed by atoms with Crippen molar-refractivity contribution in [2.24, 2.45) is 0 Å². The second kappa shape index (κ2) is 9.04. The lowest BCUT2D eigenvalue weighted by atomic mass is 10.0. The van der Waals surface area contributed by atoms with Crippen molar-refractivity contribution in [2.75, 3.05) is 13.2 Å². The highest BCUT2D eigenvalue weighted by atomic mass is 19.3. The fourth-order valence-corrected chi connectivity index (χ4v) is 2.83. The molecular weight excluding hydrogens is 362 g/mol. The van der Waals surface area contributed by atoms with Gasteiger partial charge in [0, 0.05) is 5.39 Å². The summed E-state index contributed by atoms with van der Waals surface area (Å²) in [6.45, 7) is 4.89. The van der Waals surface area contributed by atoms with Crippen molar-refractivity contribution in [3.63, 3.8) is 0 Å². The number of halogens is 2. The van der Waals surface area contributed by atoms with Crippen LogP contribution in [0.25, 0.3) is 21.9 Å². The Bertz CT molecular complexity index is 965. The van der Waals surface area contributed by atoms with Crippen LogP contribution in [-0.4, -0.2) is 19.8 Å². The summed E-state index contributed by atoms with van der Waals surface area (Å²) in [6, 6.07) is 16.6. The van der Waals surface area contributed by atoms with Gasteiger partial charge in [-0.1, -0.05) is 49.6 Å².